The molecule has 1 nitrogen and oxygen atoms in total. The first-order valence-corrected chi connectivity index (χ1v) is 14.6. The molecule has 42 heavy (non-hydrogen) atoms. The molecule has 0 amide bonds. The van der Waals surface area contributed by atoms with Gasteiger partial charge in [-0.25, -0.2) is 0 Å². The second kappa shape index (κ2) is 8.80. The molecule has 0 unspecified atom stereocenters. The van der Waals surface area contributed by atoms with E-state index in [1.165, 1.54) is 66.4 Å². The van der Waals surface area contributed by atoms with Gasteiger partial charge in [-0.1, -0.05) is 140 Å². The molecule has 2 aliphatic carbocycles. The van der Waals surface area contributed by atoms with Crippen molar-refractivity contribution in [1.82, 2.24) is 0 Å². The minimum absolute atomic E-state index is 0.407. The summed E-state index contributed by atoms with van der Waals surface area (Å²) in [7, 11) is 0. The quantitative estimate of drug-likeness (QED) is 0.237. The van der Waals surface area contributed by atoms with Crippen LogP contribution in [0.1, 0.15) is 22.3 Å². The van der Waals surface area contributed by atoms with Gasteiger partial charge in [0.2, 0.25) is 0 Å². The van der Waals surface area contributed by atoms with Crippen LogP contribution in [0.4, 0.5) is 11.4 Å². The van der Waals surface area contributed by atoms with Crippen LogP contribution in [0, 0.1) is 0 Å². The zero-order chi connectivity index (χ0) is 27.7. The van der Waals surface area contributed by atoms with E-state index in [0.29, 0.717) is 0 Å². The van der Waals surface area contributed by atoms with E-state index < -0.39 is 5.41 Å². The summed E-state index contributed by atoms with van der Waals surface area (Å²) in [5.74, 6) is 0. The topological polar surface area (TPSA) is 12.0 Å². The minimum Gasteiger partial charge on any atom is -0.355 e. The molecule has 2 aliphatic rings. The van der Waals surface area contributed by atoms with Crippen LogP contribution in [0.15, 0.2) is 158 Å². The van der Waals surface area contributed by atoms with Crippen molar-refractivity contribution in [2.45, 2.75) is 5.41 Å². The third-order valence-corrected chi connectivity index (χ3v) is 9.28. The maximum absolute atomic E-state index is 3.84. The van der Waals surface area contributed by atoms with Gasteiger partial charge < -0.3 is 5.32 Å². The number of hydrogen-bond acceptors (Lipinski definition) is 1. The smallest absolute Gasteiger partial charge is 0.0714 e. The van der Waals surface area contributed by atoms with Crippen molar-refractivity contribution in [3.05, 3.63) is 180 Å². The van der Waals surface area contributed by atoms with Crippen molar-refractivity contribution >= 4 is 22.1 Å². The van der Waals surface area contributed by atoms with Gasteiger partial charge >= 0.3 is 0 Å². The summed E-state index contributed by atoms with van der Waals surface area (Å²) in [4.78, 5) is 0. The lowest BCUT2D eigenvalue weighted by atomic mass is 9.67. The van der Waals surface area contributed by atoms with Crippen LogP contribution in [-0.4, -0.2) is 0 Å². The maximum Gasteiger partial charge on any atom is 0.0714 e. The fourth-order valence-corrected chi connectivity index (χ4v) is 7.62. The van der Waals surface area contributed by atoms with Gasteiger partial charge in [0.05, 0.1) is 5.41 Å². The van der Waals surface area contributed by atoms with E-state index in [-0.39, 0.29) is 0 Å². The number of hydrogen-bond donors (Lipinski definition) is 1. The lowest BCUT2D eigenvalue weighted by Crippen LogP contribution is -2.28. The first kappa shape index (κ1) is 23.3. The Morgan fingerprint density at radius 3 is 1.64 bits per heavy atom. The van der Waals surface area contributed by atoms with Crippen molar-refractivity contribution in [2.75, 3.05) is 5.32 Å². The summed E-state index contributed by atoms with van der Waals surface area (Å²) in [5, 5.41) is 6.42. The molecule has 1 heteroatoms. The molecule has 0 spiro atoms. The van der Waals surface area contributed by atoms with Crippen LogP contribution in [0.3, 0.4) is 0 Å². The predicted octanol–water partition coefficient (Wildman–Crippen LogP) is 10.6. The summed E-state index contributed by atoms with van der Waals surface area (Å²) < 4.78 is 0. The molecular weight excluding hydrogens is 506 g/mol. The fraction of sp³-hybridized carbons (Fsp3) is 0.0244. The van der Waals surface area contributed by atoms with Gasteiger partial charge in [-0.3, -0.25) is 0 Å². The number of rotatable bonds is 4. The minimum atomic E-state index is -0.407. The Balaban J connectivity index is 1.23. The molecule has 9 rings (SSSR count). The molecule has 0 aliphatic heterocycles. The molecule has 7 aromatic rings. The molecule has 0 fully saturated rings. The summed E-state index contributed by atoms with van der Waals surface area (Å²) >= 11 is 0. The lowest BCUT2D eigenvalue weighted by molar-refractivity contribution is 0.769. The Morgan fingerprint density at radius 1 is 0.381 bits per heavy atom. The highest BCUT2D eigenvalue weighted by atomic mass is 14.9. The van der Waals surface area contributed by atoms with Crippen molar-refractivity contribution < 1.29 is 0 Å². The Hall–Kier alpha value is -5.40. The van der Waals surface area contributed by atoms with Crippen LogP contribution < -0.4 is 5.32 Å². The highest BCUT2D eigenvalue weighted by Gasteiger charge is 2.45. The zero-order valence-corrected chi connectivity index (χ0v) is 23.0. The van der Waals surface area contributed by atoms with Crippen LogP contribution in [0.2, 0.25) is 0 Å². The average Bonchev–Trinajstić information content (AvgIpc) is 3.55. The molecule has 1 N–H and O–H groups in total. The molecule has 0 radical (unpaired) electrons. The summed E-state index contributed by atoms with van der Waals surface area (Å²) in [6.45, 7) is 0. The molecule has 196 valence electrons. The average molecular weight is 534 g/mol. The highest BCUT2D eigenvalue weighted by molar-refractivity contribution is 6.18. The van der Waals surface area contributed by atoms with Crippen LogP contribution in [0.25, 0.3) is 44.2 Å². The molecule has 0 atom stereocenters. The Labute approximate surface area is 245 Å². The van der Waals surface area contributed by atoms with Gasteiger partial charge in [0.1, 0.15) is 0 Å². The number of anilines is 2. The van der Waals surface area contributed by atoms with Crippen LogP contribution in [0.5, 0.6) is 0 Å². The van der Waals surface area contributed by atoms with Gasteiger partial charge in [0.15, 0.2) is 0 Å². The van der Waals surface area contributed by atoms with E-state index in [1.807, 2.05) is 0 Å². The Morgan fingerprint density at radius 2 is 0.929 bits per heavy atom. The largest absolute Gasteiger partial charge is 0.355 e. The van der Waals surface area contributed by atoms with Crippen molar-refractivity contribution in [2.24, 2.45) is 0 Å². The normalized spacial score (nSPS) is 13.4. The molecule has 0 saturated carbocycles. The van der Waals surface area contributed by atoms with E-state index in [2.05, 4.69) is 163 Å². The molecule has 0 bridgehead atoms. The zero-order valence-electron chi connectivity index (χ0n) is 23.0. The van der Waals surface area contributed by atoms with Gasteiger partial charge in [-0.15, -0.1) is 0 Å². The molecular formula is C41H27N. The standard InChI is InChI=1S/C41H27N/c1-2-12-27(13-3-1)41(37-22-8-6-18-32(37)33-19-7-9-23-38(33)41)28-14-10-15-29(26-28)42-39-25-24-35-31-17-5-4-16-30(31)34-20-11-21-36(39)40(34)35/h1-26,42H. The predicted molar refractivity (Wildman–Crippen MR) is 175 cm³/mol. The van der Waals surface area contributed by atoms with Crippen LogP contribution in [-0.2, 0) is 5.41 Å². The lowest BCUT2D eigenvalue weighted by Gasteiger charge is -2.34. The Kier molecular flexibility index (Phi) is 4.88. The van der Waals surface area contributed by atoms with E-state index in [1.54, 1.807) is 0 Å². The summed E-state index contributed by atoms with van der Waals surface area (Å²) in [6, 6.07) is 57.8. The number of benzene rings is 7. The second-order valence-electron chi connectivity index (χ2n) is 11.3. The van der Waals surface area contributed by atoms with Gasteiger partial charge in [0.25, 0.3) is 0 Å². The van der Waals surface area contributed by atoms with Gasteiger partial charge in [0, 0.05) is 16.8 Å². The van der Waals surface area contributed by atoms with Crippen molar-refractivity contribution in [3.8, 4) is 33.4 Å². The third-order valence-electron chi connectivity index (χ3n) is 9.28. The van der Waals surface area contributed by atoms with Crippen molar-refractivity contribution in [1.29, 1.82) is 0 Å². The van der Waals surface area contributed by atoms with Gasteiger partial charge in [-0.05, 0) is 79.2 Å². The highest BCUT2D eigenvalue weighted by Crippen LogP contribution is 2.56. The Bertz CT molecular complexity index is 2100. The molecule has 0 heterocycles. The van der Waals surface area contributed by atoms with Crippen molar-refractivity contribution in [3.63, 3.8) is 0 Å². The number of fused-ring (bicyclic) bond motifs is 6. The third kappa shape index (κ3) is 3.08. The van der Waals surface area contributed by atoms with Gasteiger partial charge in [-0.2, -0.15) is 0 Å². The van der Waals surface area contributed by atoms with E-state index in [4.69, 9.17) is 0 Å². The summed E-state index contributed by atoms with van der Waals surface area (Å²) in [6.07, 6.45) is 0. The van der Waals surface area contributed by atoms with E-state index in [9.17, 15) is 0 Å². The molecule has 0 aromatic heterocycles. The SMILES string of the molecule is c1ccc(C2(c3cccc(Nc4ccc5c6c(cccc46)-c4ccccc4-5)c3)c3ccccc3-c3ccccc32)cc1. The second-order valence-corrected chi connectivity index (χ2v) is 11.3. The van der Waals surface area contributed by atoms with E-state index in [0.717, 1.165) is 11.4 Å². The molecule has 7 aromatic carbocycles. The van der Waals surface area contributed by atoms with E-state index >= 15 is 0 Å². The summed E-state index contributed by atoms with van der Waals surface area (Å²) in [5.41, 5.74) is 14.9. The fourth-order valence-electron chi connectivity index (χ4n) is 7.62. The van der Waals surface area contributed by atoms with Crippen LogP contribution >= 0.6 is 0 Å². The first-order chi connectivity index (χ1) is 20.8. The number of nitrogens with one attached hydrogen (secondary N) is 1. The maximum atomic E-state index is 3.84. The molecule has 0 saturated heterocycles. The first-order valence-electron chi connectivity index (χ1n) is 14.6. The monoisotopic (exact) mass is 533 g/mol.